The van der Waals surface area contributed by atoms with E-state index in [0.29, 0.717) is 12.6 Å². The highest BCUT2D eigenvalue weighted by Gasteiger charge is 2.19. The quantitative estimate of drug-likeness (QED) is 0.744. The fourth-order valence-electron chi connectivity index (χ4n) is 1.83. The molecule has 0 fully saturated rings. The summed E-state index contributed by atoms with van der Waals surface area (Å²) in [5.74, 6) is -0.454. The molecule has 0 bridgehead atoms. The van der Waals surface area contributed by atoms with E-state index in [1.165, 1.54) is 12.1 Å². The van der Waals surface area contributed by atoms with Crippen molar-refractivity contribution >= 4 is 12.6 Å². The molecule has 0 aromatic heterocycles. The van der Waals surface area contributed by atoms with Crippen molar-refractivity contribution in [2.45, 2.75) is 33.4 Å². The number of nitrogens with zero attached hydrogens (tertiary/aromatic N) is 1. The minimum Gasteiger partial charge on any atom is -0.423 e. The molecule has 0 saturated carbocycles. The SMILES string of the molecule is CCN(Cc1ccc(F)cc1B(O)O)C(C)C. The van der Waals surface area contributed by atoms with Gasteiger partial charge in [-0.15, -0.1) is 0 Å². The van der Waals surface area contributed by atoms with E-state index in [-0.39, 0.29) is 5.46 Å². The average molecular weight is 239 g/mol. The van der Waals surface area contributed by atoms with Gasteiger partial charge in [-0.3, -0.25) is 4.90 Å². The second-order valence-electron chi connectivity index (χ2n) is 4.37. The Kier molecular flexibility index (Phi) is 5.12. The predicted octanol–water partition coefficient (Wildman–Crippen LogP) is 0.736. The Hall–Kier alpha value is -0.905. The van der Waals surface area contributed by atoms with Crippen LogP contribution in [0.3, 0.4) is 0 Å². The van der Waals surface area contributed by atoms with Crippen LogP contribution >= 0.6 is 0 Å². The van der Waals surface area contributed by atoms with Gasteiger partial charge in [0.25, 0.3) is 0 Å². The van der Waals surface area contributed by atoms with Gasteiger partial charge in [-0.2, -0.15) is 0 Å². The van der Waals surface area contributed by atoms with Crippen LogP contribution in [0.4, 0.5) is 4.39 Å². The molecule has 0 aliphatic rings. The smallest absolute Gasteiger partial charge is 0.423 e. The summed E-state index contributed by atoms with van der Waals surface area (Å²) in [6, 6.07) is 4.48. The lowest BCUT2D eigenvalue weighted by Gasteiger charge is -2.25. The molecule has 0 saturated heterocycles. The third-order valence-electron chi connectivity index (χ3n) is 2.90. The first-order chi connectivity index (χ1) is 7.95. The summed E-state index contributed by atoms with van der Waals surface area (Å²) in [5, 5.41) is 18.4. The van der Waals surface area contributed by atoms with E-state index < -0.39 is 12.9 Å². The van der Waals surface area contributed by atoms with E-state index in [0.717, 1.165) is 12.1 Å². The number of benzene rings is 1. The monoisotopic (exact) mass is 239 g/mol. The summed E-state index contributed by atoms with van der Waals surface area (Å²) in [5.41, 5.74) is 0.987. The lowest BCUT2D eigenvalue weighted by Crippen LogP contribution is -2.38. The number of hydrogen-bond donors (Lipinski definition) is 2. The van der Waals surface area contributed by atoms with Crippen LogP contribution in [0.25, 0.3) is 0 Å². The predicted molar refractivity (Wildman–Crippen MR) is 67.4 cm³/mol. The van der Waals surface area contributed by atoms with E-state index in [2.05, 4.69) is 18.7 Å². The molecular weight excluding hydrogens is 220 g/mol. The van der Waals surface area contributed by atoms with E-state index in [4.69, 9.17) is 0 Å². The fraction of sp³-hybridized carbons (Fsp3) is 0.500. The zero-order chi connectivity index (χ0) is 13.0. The Labute approximate surface area is 102 Å². The van der Waals surface area contributed by atoms with Crippen molar-refractivity contribution in [2.75, 3.05) is 6.54 Å². The zero-order valence-electron chi connectivity index (χ0n) is 10.5. The standard InChI is InChI=1S/C12H19BFNO2/c1-4-15(9(2)3)8-10-5-6-11(14)7-12(10)13(16)17/h5-7,9,16-17H,4,8H2,1-3H3. The van der Waals surface area contributed by atoms with Gasteiger partial charge in [-0.25, -0.2) is 4.39 Å². The van der Waals surface area contributed by atoms with Crippen LogP contribution in [0.15, 0.2) is 18.2 Å². The van der Waals surface area contributed by atoms with Crippen LogP contribution in [-0.2, 0) is 6.54 Å². The van der Waals surface area contributed by atoms with Crippen LogP contribution in [0.1, 0.15) is 26.3 Å². The lowest BCUT2D eigenvalue weighted by atomic mass is 9.77. The zero-order valence-corrected chi connectivity index (χ0v) is 10.5. The van der Waals surface area contributed by atoms with Crippen molar-refractivity contribution in [3.63, 3.8) is 0 Å². The fourth-order valence-corrected chi connectivity index (χ4v) is 1.83. The molecule has 0 atom stereocenters. The van der Waals surface area contributed by atoms with Gasteiger partial charge in [0.2, 0.25) is 0 Å². The third-order valence-corrected chi connectivity index (χ3v) is 2.90. The topological polar surface area (TPSA) is 43.7 Å². The Morgan fingerprint density at radius 3 is 2.47 bits per heavy atom. The molecule has 2 N–H and O–H groups in total. The first kappa shape index (κ1) is 14.2. The van der Waals surface area contributed by atoms with E-state index in [1.54, 1.807) is 6.07 Å². The molecule has 0 radical (unpaired) electrons. The van der Waals surface area contributed by atoms with Crippen molar-refractivity contribution in [3.05, 3.63) is 29.6 Å². The Morgan fingerprint density at radius 2 is 2.00 bits per heavy atom. The Bertz CT molecular complexity index is 372. The van der Waals surface area contributed by atoms with Crippen LogP contribution in [-0.4, -0.2) is 34.7 Å². The minimum absolute atomic E-state index is 0.240. The molecular formula is C12H19BFNO2. The summed E-state index contributed by atoms with van der Waals surface area (Å²) < 4.78 is 13.0. The molecule has 0 amide bonds. The lowest BCUT2D eigenvalue weighted by molar-refractivity contribution is 0.225. The van der Waals surface area contributed by atoms with Gasteiger partial charge >= 0.3 is 7.12 Å². The average Bonchev–Trinajstić information content (AvgIpc) is 2.26. The number of rotatable bonds is 5. The van der Waals surface area contributed by atoms with Gasteiger partial charge in [0, 0.05) is 12.6 Å². The number of halogens is 1. The van der Waals surface area contributed by atoms with Crippen LogP contribution in [0, 0.1) is 5.82 Å². The molecule has 5 heteroatoms. The first-order valence-electron chi connectivity index (χ1n) is 5.84. The van der Waals surface area contributed by atoms with Crippen molar-refractivity contribution < 1.29 is 14.4 Å². The van der Waals surface area contributed by atoms with Gasteiger partial charge in [-0.1, -0.05) is 13.0 Å². The molecule has 0 heterocycles. The molecule has 94 valence electrons. The van der Waals surface area contributed by atoms with Gasteiger partial charge in [-0.05, 0) is 43.6 Å². The minimum atomic E-state index is -1.63. The molecule has 17 heavy (non-hydrogen) atoms. The molecule has 0 spiro atoms. The highest BCUT2D eigenvalue weighted by molar-refractivity contribution is 6.59. The Morgan fingerprint density at radius 1 is 1.35 bits per heavy atom. The highest BCUT2D eigenvalue weighted by Crippen LogP contribution is 2.08. The molecule has 0 aliphatic carbocycles. The number of hydrogen-bond acceptors (Lipinski definition) is 3. The van der Waals surface area contributed by atoms with Gasteiger partial charge in [0.1, 0.15) is 5.82 Å². The van der Waals surface area contributed by atoms with Crippen LogP contribution < -0.4 is 5.46 Å². The summed E-state index contributed by atoms with van der Waals surface area (Å²) in [6.07, 6.45) is 0. The molecule has 1 rings (SSSR count). The summed E-state index contributed by atoms with van der Waals surface area (Å²) in [4.78, 5) is 2.17. The second kappa shape index (κ2) is 6.14. The molecule has 0 unspecified atom stereocenters. The molecule has 1 aromatic rings. The summed E-state index contributed by atoms with van der Waals surface area (Å²) in [6.45, 7) is 7.63. The Balaban J connectivity index is 2.97. The maximum Gasteiger partial charge on any atom is 0.488 e. The van der Waals surface area contributed by atoms with Crippen LogP contribution in [0.5, 0.6) is 0 Å². The third kappa shape index (κ3) is 3.80. The van der Waals surface area contributed by atoms with Gasteiger partial charge < -0.3 is 10.0 Å². The van der Waals surface area contributed by atoms with Crippen molar-refractivity contribution in [1.29, 1.82) is 0 Å². The van der Waals surface area contributed by atoms with Crippen molar-refractivity contribution in [1.82, 2.24) is 4.90 Å². The molecule has 0 aliphatic heterocycles. The van der Waals surface area contributed by atoms with Crippen molar-refractivity contribution in [2.24, 2.45) is 0 Å². The van der Waals surface area contributed by atoms with Crippen LogP contribution in [0.2, 0.25) is 0 Å². The van der Waals surface area contributed by atoms with E-state index in [1.807, 2.05) is 6.92 Å². The molecule has 3 nitrogen and oxygen atoms in total. The maximum absolute atomic E-state index is 13.0. The second-order valence-corrected chi connectivity index (χ2v) is 4.37. The highest BCUT2D eigenvalue weighted by atomic mass is 19.1. The maximum atomic E-state index is 13.0. The normalized spacial score (nSPS) is 11.3. The summed E-state index contributed by atoms with van der Waals surface area (Å²) in [7, 11) is -1.63. The largest absolute Gasteiger partial charge is 0.488 e. The van der Waals surface area contributed by atoms with E-state index in [9.17, 15) is 14.4 Å². The first-order valence-corrected chi connectivity index (χ1v) is 5.84. The van der Waals surface area contributed by atoms with Crippen molar-refractivity contribution in [3.8, 4) is 0 Å². The molecule has 1 aromatic carbocycles. The van der Waals surface area contributed by atoms with Gasteiger partial charge in [0.15, 0.2) is 0 Å². The summed E-state index contributed by atoms with van der Waals surface area (Å²) >= 11 is 0. The van der Waals surface area contributed by atoms with E-state index >= 15 is 0 Å². The van der Waals surface area contributed by atoms with Gasteiger partial charge in [0.05, 0.1) is 0 Å².